The normalized spacial score (nSPS) is 14.5. The summed E-state index contributed by atoms with van der Waals surface area (Å²) in [7, 11) is 2.06. The monoisotopic (exact) mass is 2430 g/mol. The van der Waals surface area contributed by atoms with Crippen LogP contribution in [-0.4, -0.2) is 148 Å². The predicted octanol–water partition coefficient (Wildman–Crippen LogP) is 27.1. The molecule has 10 aromatic heterocycles. The number of hydrogen-bond acceptors (Lipinski definition) is 13. The quantitative estimate of drug-likeness (QED) is 0.0393. The van der Waals surface area contributed by atoms with E-state index in [1.807, 2.05) is 167 Å². The number of aliphatic imine (C=N–C) groups is 10. The van der Waals surface area contributed by atoms with Crippen LogP contribution in [0.15, 0.2) is 239 Å². The molecule has 0 spiro atoms. The van der Waals surface area contributed by atoms with Gasteiger partial charge in [0, 0.05) is 164 Å². The molecule has 5 fully saturated rings. The largest absolute Gasteiger partial charge is 2.00 e. The van der Waals surface area contributed by atoms with Crippen LogP contribution >= 0.6 is 16.4 Å². The van der Waals surface area contributed by atoms with Gasteiger partial charge < -0.3 is 124 Å². The van der Waals surface area contributed by atoms with Gasteiger partial charge in [0.25, 0.3) is 0 Å². The van der Waals surface area contributed by atoms with Gasteiger partial charge in [-0.3, -0.25) is 54.9 Å². The number of nitrogens with zero attached hydrogens (tertiary/aromatic N) is 21. The number of para-hydroxylation sites is 2. The van der Waals surface area contributed by atoms with Crippen LogP contribution < -0.4 is 45.2 Å². The summed E-state index contributed by atoms with van der Waals surface area (Å²) >= 11 is 0. The summed E-state index contributed by atoms with van der Waals surface area (Å²) in [5.74, 6) is 4.85. The Morgan fingerprint density at radius 2 is 0.844 bits per heavy atom. The average Bonchev–Trinajstić information content (AvgIpc) is 1.73. The summed E-state index contributed by atoms with van der Waals surface area (Å²) < 4.78 is 0. The molecule has 0 saturated heterocycles. The Kier molecular flexibility index (Phi) is 125. The molecule has 12 aromatic rings. The van der Waals surface area contributed by atoms with Crippen molar-refractivity contribution in [3.63, 3.8) is 0 Å². The van der Waals surface area contributed by atoms with E-state index < -0.39 is 8.07 Å². The minimum atomic E-state index is -1.22. The maximum atomic E-state index is 4.66. The van der Waals surface area contributed by atoms with Crippen LogP contribution in [0.5, 0.6) is 0 Å². The van der Waals surface area contributed by atoms with Gasteiger partial charge in [-0.1, -0.05) is 277 Å². The molecule has 806 valence electrons. The van der Waals surface area contributed by atoms with Gasteiger partial charge in [0.15, 0.2) is 0 Å². The molecule has 5 saturated carbocycles. The van der Waals surface area contributed by atoms with E-state index in [4.69, 9.17) is 0 Å². The minimum absolute atomic E-state index is 0. The van der Waals surface area contributed by atoms with Crippen molar-refractivity contribution in [1.82, 2.24) is 54.8 Å². The Labute approximate surface area is 1010 Å². The van der Waals surface area contributed by atoms with Gasteiger partial charge in [-0.05, 0) is 153 Å². The number of hydrogen-bond donors (Lipinski definition) is 0. The van der Waals surface area contributed by atoms with Gasteiger partial charge >= 0.3 is 139 Å². The van der Waals surface area contributed by atoms with E-state index >= 15 is 0 Å². The van der Waals surface area contributed by atoms with Crippen molar-refractivity contribution < 1.29 is 174 Å². The molecule has 0 N–H and O–H groups in total. The summed E-state index contributed by atoms with van der Waals surface area (Å²) in [6.45, 7) is 29.1. The molecule has 0 bridgehead atoms. The number of fused-ring (bicyclic) bond motifs is 2. The van der Waals surface area contributed by atoms with Gasteiger partial charge in [0.1, 0.15) is 0 Å². The van der Waals surface area contributed by atoms with Crippen LogP contribution in [0.1, 0.15) is 273 Å². The van der Waals surface area contributed by atoms with Crippen LogP contribution in [0.2, 0.25) is 19.6 Å². The third kappa shape index (κ3) is 78.6. The van der Waals surface area contributed by atoms with Crippen molar-refractivity contribution in [2.75, 3.05) is 20.1 Å². The zero-order chi connectivity index (χ0) is 90.5. The van der Waals surface area contributed by atoms with Gasteiger partial charge in [-0.2, -0.15) is 23.9 Å². The molecule has 2 aromatic carbocycles. The molecule has 5 aliphatic rings. The molecule has 4 unspecified atom stereocenters. The molecule has 21 nitrogen and oxygen atoms in total. The van der Waals surface area contributed by atoms with Crippen molar-refractivity contribution in [2.24, 2.45) is 55.8 Å². The Morgan fingerprint density at radius 3 is 1.20 bits per heavy atom. The van der Waals surface area contributed by atoms with E-state index in [0.717, 1.165) is 99.1 Å². The first-order chi connectivity index (χ1) is 61.9. The standard InChI is InChI=1S/C15H17N2.C12H17N2.C11H15N2.C10H14N3.C10H17N2Si.C10H9N2.C9H15N2P.C9H14NP.C7H9N2.C7H13N.C3H3N2.10CH3.10Cr/c1-2-7-13(8-3-1)16-11-14-10-12-6-4-5-9-15(12)17-14;1-10-5-2-3-7-12(10)14-9-11-6-4-8-13-11;1-2-5-10(6-3-1)13-9-11-7-4-8-12-11;1-2-4-9(5-3-1)12-7-10-6-11-8-13-10;1-5-11-8-9-6-7-10(12-9)13(2,3)4;1-11-7-9-6-8-4-2-3-5-10(8)12-9;1-3-8(4-2)11-6-9-5-10-7-12-9;1-9(2,3)10-7-8-5-4-6-11-8;1-2-8-6-7-4-3-5-9-7;1-8-7-5-3-2-4-6-7;1-2-5-3-4-1;;;;;;;;;;;;;;;;;;;;/h4-6,9-11,13H,1-3,7-8H2;4,6,8-10,12H,2-3,5,7H2,1H3;4,7-10H,1-3,5-6H2;6-9H,1-5H2;6-8H,5H2,1-4H3;2-7H,1H3;5-8,12H,3-4H2,1-2H3;4-7,11H,1-3H3;3-6H,2H2,1H3;7H,1-6H2;1-3H;10*1H3;;;;;;;;;;/q6*-1;;;-1;;11*-1;;;8*+2. The van der Waals surface area contributed by atoms with E-state index in [0.29, 0.717) is 36.3 Å². The Hall–Kier alpha value is -5.21. The maximum absolute atomic E-state index is 4.66. The van der Waals surface area contributed by atoms with Crippen LogP contribution in [0.25, 0.3) is 21.8 Å². The van der Waals surface area contributed by atoms with E-state index in [-0.39, 0.29) is 253 Å². The van der Waals surface area contributed by atoms with E-state index in [1.54, 1.807) is 50.6 Å². The predicted molar refractivity (Wildman–Crippen MR) is 613 cm³/mol. The van der Waals surface area contributed by atoms with E-state index in [2.05, 4.69) is 215 Å². The average molecular weight is 2440 g/mol. The van der Waals surface area contributed by atoms with Crippen LogP contribution in [0, 0.1) is 80.2 Å². The Balaban J connectivity index is -0.000000110. The second-order valence-corrected chi connectivity index (χ2v) is 41.4. The third-order valence-electron chi connectivity index (χ3n) is 21.4. The fourth-order valence-corrected chi connectivity index (χ4v) is 16.5. The van der Waals surface area contributed by atoms with E-state index in [1.165, 1.54) is 187 Å². The summed E-state index contributed by atoms with van der Waals surface area (Å²) in [6, 6.07) is 43.8. The molecular formula is C113H173Cr10N21P2Si-2. The molecule has 5 aliphatic carbocycles. The molecule has 147 heavy (non-hydrogen) atoms. The number of imidazole rings is 2. The van der Waals surface area contributed by atoms with Crippen molar-refractivity contribution in [2.45, 2.75) is 284 Å². The van der Waals surface area contributed by atoms with Crippen molar-refractivity contribution in [1.29, 1.82) is 0 Å². The summed E-state index contributed by atoms with van der Waals surface area (Å²) in [5.41, 5.74) is 8.89. The summed E-state index contributed by atoms with van der Waals surface area (Å²) in [6.07, 6.45) is 66.2. The molecular weight excluding hydrogens is 2260 g/mol. The number of aromatic nitrogens is 11. The topological polar surface area (TPSA) is 275 Å². The molecule has 0 amide bonds. The minimum Gasteiger partial charge on any atom is -0.663 e. The fourth-order valence-electron chi connectivity index (χ4n) is 14.2. The first kappa shape index (κ1) is 172. The van der Waals surface area contributed by atoms with Crippen LogP contribution in [-0.2, 0) is 174 Å². The van der Waals surface area contributed by atoms with Crippen LogP contribution in [0.3, 0.4) is 0 Å². The second kappa shape index (κ2) is 106. The van der Waals surface area contributed by atoms with Crippen LogP contribution in [0.4, 0.5) is 0 Å². The molecule has 10 heterocycles. The zero-order valence-corrected chi connectivity index (χ0v) is 108. The molecule has 17 rings (SSSR count). The zero-order valence-electron chi connectivity index (χ0n) is 92.1. The summed E-state index contributed by atoms with van der Waals surface area (Å²) in [5, 5.41) is 6.23. The SMILES string of the molecule is C(=NC1CCCCC1)c1cc2ccccc2[n-]1.C(=NC1CCCCC1)c1ccc[n-]1.C(=NC1CCCCC1)c1cnc[n-]1.C=NC1CCCCC1.CC(C)(C)N=Cc1ccc[pH]1.CC1CCCCC1N=Cc1ccc[n-]1.CCC(CC)N=Cc1cnc[pH]1.CCN=Cc1ccc([Si](C)(C)C)[n-]1.CCN=Cc1ccc[n-]1.CN=Cc1cc2ccccc2[n-]1.[CH3-].[CH3-].[CH3-].[CH3-].[CH3-].[CH3-].[CH3-].[CH3-].[CH3-].[CH3-].[Cr+2].[Cr+2].[Cr+2].[Cr+2].[Cr+2].[Cr+2].[Cr+2].[Cr+2].[Cr].[Cr].c1c[n-]cn1. The summed E-state index contributed by atoms with van der Waals surface area (Å²) in [4.78, 5) is 88.2. The van der Waals surface area contributed by atoms with Gasteiger partial charge in [-0.15, -0.1) is 61.6 Å². The van der Waals surface area contributed by atoms with Crippen molar-refractivity contribution >= 4 is 114 Å². The third-order valence-corrected chi connectivity index (χ3v) is 25.1. The molecule has 34 heteroatoms. The number of rotatable bonds is 20. The van der Waals surface area contributed by atoms with E-state index in [9.17, 15) is 0 Å². The maximum Gasteiger partial charge on any atom is 2.00 e. The van der Waals surface area contributed by atoms with Crippen molar-refractivity contribution in [3.8, 4) is 0 Å². The molecule has 4 atom stereocenters. The Morgan fingerprint density at radius 1 is 0.408 bits per heavy atom. The first-order valence-electron chi connectivity index (χ1n) is 46.3. The number of benzene rings is 2. The molecule has 0 radical (unpaired) electrons. The van der Waals surface area contributed by atoms with Gasteiger partial charge in [0.05, 0.1) is 19.7 Å². The smallest absolute Gasteiger partial charge is 0.663 e. The second-order valence-electron chi connectivity index (χ2n) is 34.1. The fraction of sp³-hybridized carbons (Fsp3) is 0.425. The van der Waals surface area contributed by atoms with Gasteiger partial charge in [-0.25, -0.2) is 0 Å². The Bertz CT molecular complexity index is 4810. The molecule has 0 aliphatic heterocycles. The van der Waals surface area contributed by atoms with Gasteiger partial charge in [0.2, 0.25) is 0 Å². The van der Waals surface area contributed by atoms with Crippen molar-refractivity contribution in [3.05, 3.63) is 314 Å². The first-order valence-corrected chi connectivity index (χ1v) is 52.0.